The van der Waals surface area contributed by atoms with Gasteiger partial charge in [0.15, 0.2) is 4.77 Å². The van der Waals surface area contributed by atoms with E-state index < -0.39 is 5.97 Å². The van der Waals surface area contributed by atoms with E-state index in [2.05, 4.69) is 10.9 Å². The summed E-state index contributed by atoms with van der Waals surface area (Å²) in [5.74, 6) is 2.50. The molecule has 124 valence electrons. The maximum Gasteiger partial charge on any atom is 0.338 e. The molecule has 3 rings (SSSR count). The Bertz CT molecular complexity index is 947. The van der Waals surface area contributed by atoms with Gasteiger partial charge in [-0.3, -0.25) is 9.36 Å². The van der Waals surface area contributed by atoms with Gasteiger partial charge < -0.3 is 9.72 Å². The molecule has 1 unspecified atom stereocenters. The zero-order chi connectivity index (χ0) is 17.3. The minimum atomic E-state index is -0.428. The summed E-state index contributed by atoms with van der Waals surface area (Å²) >= 11 is 5.19. The second kappa shape index (κ2) is 6.62. The molecule has 1 aromatic carbocycles. The first-order valence-corrected chi connectivity index (χ1v) is 8.37. The van der Waals surface area contributed by atoms with Gasteiger partial charge in [0, 0.05) is 13.0 Å². The van der Waals surface area contributed by atoms with Gasteiger partial charge in [-0.2, -0.15) is 0 Å². The first-order chi connectivity index (χ1) is 11.5. The van der Waals surface area contributed by atoms with Crippen LogP contribution in [0.3, 0.4) is 0 Å². The monoisotopic (exact) mass is 342 g/mol. The van der Waals surface area contributed by atoms with Crippen LogP contribution in [0.2, 0.25) is 0 Å². The highest BCUT2D eigenvalue weighted by Crippen LogP contribution is 2.36. The lowest BCUT2D eigenvalue weighted by Gasteiger charge is -2.15. The SMILES string of the molecule is C#CCC(OC(=O)c1ccc2c(=O)n(CC)c(=S)[nH]c2c1)C1CC1. The van der Waals surface area contributed by atoms with E-state index in [0.29, 0.717) is 40.1 Å². The minimum absolute atomic E-state index is 0.167. The molecule has 1 heterocycles. The number of carbonyl (C=O) groups is 1. The van der Waals surface area contributed by atoms with Crippen LogP contribution >= 0.6 is 12.2 Å². The molecule has 1 aliphatic rings. The molecule has 0 amide bonds. The number of terminal acetylenes is 1. The van der Waals surface area contributed by atoms with Gasteiger partial charge in [-0.1, -0.05) is 0 Å². The Morgan fingerprint density at radius 1 is 1.54 bits per heavy atom. The Balaban J connectivity index is 1.93. The van der Waals surface area contributed by atoms with Crippen molar-refractivity contribution in [2.24, 2.45) is 5.92 Å². The molecule has 1 aromatic heterocycles. The largest absolute Gasteiger partial charge is 0.457 e. The van der Waals surface area contributed by atoms with Crippen molar-refractivity contribution in [1.82, 2.24) is 9.55 Å². The van der Waals surface area contributed by atoms with Gasteiger partial charge in [-0.05, 0) is 56.1 Å². The van der Waals surface area contributed by atoms with Crippen molar-refractivity contribution in [3.8, 4) is 12.3 Å². The summed E-state index contributed by atoms with van der Waals surface area (Å²) in [7, 11) is 0. The van der Waals surface area contributed by atoms with Crippen LogP contribution in [0.1, 0.15) is 36.5 Å². The molecular weight excluding hydrogens is 324 g/mol. The van der Waals surface area contributed by atoms with Gasteiger partial charge in [0.2, 0.25) is 0 Å². The molecule has 24 heavy (non-hydrogen) atoms. The summed E-state index contributed by atoms with van der Waals surface area (Å²) in [6.07, 6.45) is 7.63. The number of nitrogens with zero attached hydrogens (tertiary/aromatic N) is 1. The van der Waals surface area contributed by atoms with E-state index in [9.17, 15) is 9.59 Å². The van der Waals surface area contributed by atoms with Crippen LogP contribution in [0.5, 0.6) is 0 Å². The van der Waals surface area contributed by atoms with Crippen molar-refractivity contribution < 1.29 is 9.53 Å². The quantitative estimate of drug-likeness (QED) is 0.515. The number of hydrogen-bond acceptors (Lipinski definition) is 4. The van der Waals surface area contributed by atoms with Crippen LogP contribution in [-0.4, -0.2) is 21.6 Å². The summed E-state index contributed by atoms with van der Waals surface area (Å²) in [6, 6.07) is 4.83. The van der Waals surface area contributed by atoms with Crippen molar-refractivity contribution in [3.63, 3.8) is 0 Å². The number of H-pyrrole nitrogens is 1. The van der Waals surface area contributed by atoms with E-state index in [1.165, 1.54) is 4.57 Å². The normalized spacial score (nSPS) is 15.0. The lowest BCUT2D eigenvalue weighted by molar-refractivity contribution is 0.0261. The molecule has 0 radical (unpaired) electrons. The first-order valence-electron chi connectivity index (χ1n) is 7.96. The highest BCUT2D eigenvalue weighted by molar-refractivity contribution is 7.71. The zero-order valence-electron chi connectivity index (χ0n) is 13.4. The molecular formula is C18H18N2O3S. The molecule has 1 fully saturated rings. The van der Waals surface area contributed by atoms with Crippen molar-refractivity contribution in [3.05, 3.63) is 38.9 Å². The summed E-state index contributed by atoms with van der Waals surface area (Å²) in [5.41, 5.74) is 0.743. The molecule has 0 spiro atoms. The number of carbonyl (C=O) groups excluding carboxylic acids is 1. The lowest BCUT2D eigenvalue weighted by Crippen LogP contribution is -2.22. The van der Waals surface area contributed by atoms with Gasteiger partial charge >= 0.3 is 5.97 Å². The number of hydrogen-bond donors (Lipinski definition) is 1. The van der Waals surface area contributed by atoms with Gasteiger partial charge in [0.25, 0.3) is 5.56 Å². The smallest absolute Gasteiger partial charge is 0.338 e. The Kier molecular flexibility index (Phi) is 4.54. The van der Waals surface area contributed by atoms with Crippen LogP contribution < -0.4 is 5.56 Å². The molecule has 1 aliphatic carbocycles. The van der Waals surface area contributed by atoms with E-state index in [4.69, 9.17) is 23.4 Å². The predicted molar refractivity (Wildman–Crippen MR) is 94.4 cm³/mol. The first kappa shape index (κ1) is 16.5. The number of fused-ring (bicyclic) bond motifs is 1. The molecule has 0 bridgehead atoms. The van der Waals surface area contributed by atoms with Crippen molar-refractivity contribution >= 4 is 29.1 Å². The second-order valence-electron chi connectivity index (χ2n) is 5.93. The Morgan fingerprint density at radius 3 is 2.92 bits per heavy atom. The highest BCUT2D eigenvalue weighted by atomic mass is 32.1. The van der Waals surface area contributed by atoms with E-state index in [0.717, 1.165) is 12.8 Å². The molecule has 0 aliphatic heterocycles. The van der Waals surface area contributed by atoms with Gasteiger partial charge in [-0.15, -0.1) is 12.3 Å². The van der Waals surface area contributed by atoms with Crippen LogP contribution in [-0.2, 0) is 11.3 Å². The fourth-order valence-electron chi connectivity index (χ4n) is 2.76. The highest BCUT2D eigenvalue weighted by Gasteiger charge is 2.33. The van der Waals surface area contributed by atoms with Crippen molar-refractivity contribution in [1.29, 1.82) is 0 Å². The fraction of sp³-hybridized carbons (Fsp3) is 0.389. The third-order valence-corrected chi connectivity index (χ3v) is 4.58. The van der Waals surface area contributed by atoms with Gasteiger partial charge in [0.1, 0.15) is 6.10 Å². The number of esters is 1. The van der Waals surface area contributed by atoms with E-state index in [1.807, 2.05) is 6.92 Å². The number of benzene rings is 1. The Labute approximate surface area is 144 Å². The van der Waals surface area contributed by atoms with E-state index >= 15 is 0 Å². The van der Waals surface area contributed by atoms with Crippen molar-refractivity contribution in [2.75, 3.05) is 0 Å². The van der Waals surface area contributed by atoms with Crippen LogP contribution in [0.25, 0.3) is 10.9 Å². The fourth-order valence-corrected chi connectivity index (χ4v) is 3.08. The molecule has 5 nitrogen and oxygen atoms in total. The third kappa shape index (κ3) is 3.13. The van der Waals surface area contributed by atoms with E-state index in [-0.39, 0.29) is 11.7 Å². The van der Waals surface area contributed by atoms with Gasteiger partial charge in [-0.25, -0.2) is 4.79 Å². The average molecular weight is 342 g/mol. The van der Waals surface area contributed by atoms with Gasteiger partial charge in [0.05, 0.1) is 16.5 Å². The average Bonchev–Trinajstić information content (AvgIpc) is 3.39. The number of aromatic amines is 1. The second-order valence-corrected chi connectivity index (χ2v) is 6.32. The molecule has 0 saturated heterocycles. The number of ether oxygens (including phenoxy) is 1. The summed E-state index contributed by atoms with van der Waals surface area (Å²) in [5, 5.41) is 0.490. The number of nitrogens with one attached hydrogen (secondary N) is 1. The van der Waals surface area contributed by atoms with Crippen molar-refractivity contribution in [2.45, 2.75) is 38.8 Å². The van der Waals surface area contributed by atoms with Crippen LogP contribution in [0.4, 0.5) is 0 Å². The third-order valence-electron chi connectivity index (χ3n) is 4.26. The maximum atomic E-state index is 12.4. The Morgan fingerprint density at radius 2 is 2.29 bits per heavy atom. The summed E-state index contributed by atoms with van der Waals surface area (Å²) in [4.78, 5) is 27.7. The molecule has 2 aromatic rings. The van der Waals surface area contributed by atoms with E-state index in [1.54, 1.807) is 18.2 Å². The van der Waals surface area contributed by atoms with Crippen LogP contribution in [0, 0.1) is 23.0 Å². The minimum Gasteiger partial charge on any atom is -0.457 e. The summed E-state index contributed by atoms with van der Waals surface area (Å²) in [6.45, 7) is 2.34. The topological polar surface area (TPSA) is 64.1 Å². The standard InChI is InChI=1S/C18H18N2O3S/c1-3-5-15(11-6-7-11)23-17(22)12-8-9-13-14(10-12)19-18(24)20(4-2)16(13)21/h1,8-11,15H,4-7H2,2H3,(H,19,24). The zero-order valence-corrected chi connectivity index (χ0v) is 14.2. The molecule has 1 N–H and O–H groups in total. The molecule has 1 atom stereocenters. The number of aromatic nitrogens is 2. The number of rotatable bonds is 5. The maximum absolute atomic E-state index is 12.4. The summed E-state index contributed by atoms with van der Waals surface area (Å²) < 4.78 is 7.37. The molecule has 1 saturated carbocycles. The Hall–Kier alpha value is -2.39. The predicted octanol–water partition coefficient (Wildman–Crippen LogP) is 3.04. The van der Waals surface area contributed by atoms with Crippen LogP contribution in [0.15, 0.2) is 23.0 Å². The molecule has 6 heteroatoms. The lowest BCUT2D eigenvalue weighted by atomic mass is 10.1.